The predicted molar refractivity (Wildman–Crippen MR) is 57.7 cm³/mol. The van der Waals surface area contributed by atoms with E-state index in [9.17, 15) is 9.59 Å². The molecule has 1 N–H and O–H groups in total. The normalized spacial score (nSPS) is 19.3. The summed E-state index contributed by atoms with van der Waals surface area (Å²) in [6, 6.07) is 7.67. The first kappa shape index (κ1) is 9.90. The summed E-state index contributed by atoms with van der Waals surface area (Å²) in [5.74, 6) is 0.178. The second-order valence-corrected chi connectivity index (χ2v) is 3.94. The summed E-state index contributed by atoms with van der Waals surface area (Å²) in [6.45, 7) is 1.56. The maximum absolute atomic E-state index is 11.4. The van der Waals surface area contributed by atoms with Crippen LogP contribution in [0, 0.1) is 0 Å². The van der Waals surface area contributed by atoms with Crippen molar-refractivity contribution in [1.82, 2.24) is 0 Å². The Morgan fingerprint density at radius 2 is 2.20 bits per heavy atom. The van der Waals surface area contributed by atoms with Crippen LogP contribution in [-0.4, -0.2) is 11.7 Å². The summed E-state index contributed by atoms with van der Waals surface area (Å²) in [4.78, 5) is 22.5. The largest absolute Gasteiger partial charge is 0.326 e. The van der Waals surface area contributed by atoms with E-state index >= 15 is 0 Å². The molecule has 0 saturated heterocycles. The van der Waals surface area contributed by atoms with Crippen molar-refractivity contribution in [2.45, 2.75) is 25.7 Å². The van der Waals surface area contributed by atoms with E-state index in [1.54, 1.807) is 6.92 Å². The zero-order valence-electron chi connectivity index (χ0n) is 8.62. The summed E-state index contributed by atoms with van der Waals surface area (Å²) in [5, 5.41) is 2.81. The molecule has 1 aliphatic heterocycles. The first-order valence-corrected chi connectivity index (χ1v) is 5.05. The lowest BCUT2D eigenvalue weighted by molar-refractivity contribution is -0.118. The fraction of sp³-hybridized carbons (Fsp3) is 0.333. The SMILES string of the molecule is CC(=O)CC1CC(=O)Nc2ccccc21. The van der Waals surface area contributed by atoms with E-state index in [0.717, 1.165) is 11.3 Å². The average Bonchev–Trinajstić information content (AvgIpc) is 2.16. The molecule has 3 nitrogen and oxygen atoms in total. The van der Waals surface area contributed by atoms with Crippen molar-refractivity contribution < 1.29 is 9.59 Å². The molecular formula is C12H13NO2. The molecule has 1 aromatic carbocycles. The van der Waals surface area contributed by atoms with Gasteiger partial charge in [-0.15, -0.1) is 0 Å². The van der Waals surface area contributed by atoms with Gasteiger partial charge >= 0.3 is 0 Å². The summed E-state index contributed by atoms with van der Waals surface area (Å²) in [5.41, 5.74) is 1.92. The second kappa shape index (κ2) is 3.85. The summed E-state index contributed by atoms with van der Waals surface area (Å²) >= 11 is 0. The number of para-hydroxylation sites is 1. The first-order chi connectivity index (χ1) is 7.16. The fourth-order valence-electron chi connectivity index (χ4n) is 2.03. The van der Waals surface area contributed by atoms with Crippen molar-refractivity contribution in [3.8, 4) is 0 Å². The minimum Gasteiger partial charge on any atom is -0.326 e. The number of hydrogen-bond donors (Lipinski definition) is 1. The van der Waals surface area contributed by atoms with Gasteiger partial charge in [0.25, 0.3) is 0 Å². The molecule has 0 bridgehead atoms. The number of carbonyl (C=O) groups is 2. The molecule has 0 aliphatic carbocycles. The van der Waals surface area contributed by atoms with Crippen LogP contribution in [0.25, 0.3) is 0 Å². The van der Waals surface area contributed by atoms with E-state index in [4.69, 9.17) is 0 Å². The van der Waals surface area contributed by atoms with Crippen LogP contribution in [0.5, 0.6) is 0 Å². The van der Waals surface area contributed by atoms with Crippen LogP contribution < -0.4 is 5.32 Å². The van der Waals surface area contributed by atoms with Gasteiger partial charge < -0.3 is 10.1 Å². The highest BCUT2D eigenvalue weighted by atomic mass is 16.1. The zero-order valence-corrected chi connectivity index (χ0v) is 8.62. The van der Waals surface area contributed by atoms with E-state index in [1.165, 1.54) is 0 Å². The van der Waals surface area contributed by atoms with Gasteiger partial charge in [-0.25, -0.2) is 0 Å². The van der Waals surface area contributed by atoms with Crippen LogP contribution in [0.1, 0.15) is 31.2 Å². The number of fused-ring (bicyclic) bond motifs is 1. The van der Waals surface area contributed by atoms with Crippen LogP contribution in [-0.2, 0) is 9.59 Å². The summed E-state index contributed by atoms with van der Waals surface area (Å²) < 4.78 is 0. The molecule has 0 spiro atoms. The lowest BCUT2D eigenvalue weighted by Gasteiger charge is -2.24. The van der Waals surface area contributed by atoms with Gasteiger partial charge in [0.15, 0.2) is 0 Å². The third-order valence-electron chi connectivity index (χ3n) is 2.64. The molecular weight excluding hydrogens is 190 g/mol. The van der Waals surface area contributed by atoms with E-state index in [0.29, 0.717) is 12.8 Å². The number of amides is 1. The Bertz CT molecular complexity index is 412. The fourth-order valence-corrected chi connectivity index (χ4v) is 2.03. The summed E-state index contributed by atoms with van der Waals surface area (Å²) in [7, 11) is 0. The molecule has 0 saturated carbocycles. The van der Waals surface area contributed by atoms with Gasteiger partial charge in [-0.1, -0.05) is 18.2 Å². The minimum absolute atomic E-state index is 0.0000463. The van der Waals surface area contributed by atoms with Crippen LogP contribution in [0.15, 0.2) is 24.3 Å². The topological polar surface area (TPSA) is 46.2 Å². The predicted octanol–water partition coefficient (Wildman–Crippen LogP) is 2.09. The maximum Gasteiger partial charge on any atom is 0.225 e. The number of carbonyl (C=O) groups excluding carboxylic acids is 2. The van der Waals surface area contributed by atoms with Crippen molar-refractivity contribution in [1.29, 1.82) is 0 Å². The van der Waals surface area contributed by atoms with Gasteiger partial charge in [0.2, 0.25) is 5.91 Å². The number of Topliss-reactive ketones (excluding diaryl/α,β-unsaturated/α-hetero) is 1. The number of ketones is 1. The maximum atomic E-state index is 11.4. The van der Waals surface area contributed by atoms with Gasteiger partial charge in [-0.05, 0) is 18.6 Å². The summed E-state index contributed by atoms with van der Waals surface area (Å²) in [6.07, 6.45) is 0.862. The van der Waals surface area contributed by atoms with Gasteiger partial charge in [-0.2, -0.15) is 0 Å². The molecule has 1 aromatic rings. The lowest BCUT2D eigenvalue weighted by Crippen LogP contribution is -2.23. The van der Waals surface area contributed by atoms with Crippen LogP contribution in [0.3, 0.4) is 0 Å². The quantitative estimate of drug-likeness (QED) is 0.800. The van der Waals surface area contributed by atoms with E-state index in [2.05, 4.69) is 5.32 Å². The Balaban J connectivity index is 2.33. The van der Waals surface area contributed by atoms with E-state index in [-0.39, 0.29) is 17.6 Å². The van der Waals surface area contributed by atoms with Gasteiger partial charge in [0.1, 0.15) is 5.78 Å². The number of anilines is 1. The number of hydrogen-bond acceptors (Lipinski definition) is 2. The zero-order chi connectivity index (χ0) is 10.8. The number of nitrogens with one attached hydrogen (secondary N) is 1. The van der Waals surface area contributed by atoms with E-state index in [1.807, 2.05) is 24.3 Å². The highest BCUT2D eigenvalue weighted by molar-refractivity contribution is 5.95. The van der Waals surface area contributed by atoms with Crippen LogP contribution in [0.2, 0.25) is 0 Å². The van der Waals surface area contributed by atoms with Crippen molar-refractivity contribution in [2.24, 2.45) is 0 Å². The van der Waals surface area contributed by atoms with Gasteiger partial charge in [-0.3, -0.25) is 4.79 Å². The second-order valence-electron chi connectivity index (χ2n) is 3.94. The monoisotopic (exact) mass is 203 g/mol. The lowest BCUT2D eigenvalue weighted by atomic mass is 9.87. The molecule has 15 heavy (non-hydrogen) atoms. The Kier molecular flexibility index (Phi) is 2.54. The molecule has 1 atom stereocenters. The third kappa shape index (κ3) is 2.06. The first-order valence-electron chi connectivity index (χ1n) is 5.05. The minimum atomic E-state index is -0.0000463. The highest BCUT2D eigenvalue weighted by Gasteiger charge is 2.25. The standard InChI is InChI=1S/C12H13NO2/c1-8(14)6-9-7-12(15)13-11-5-3-2-4-10(9)11/h2-5,9H,6-7H2,1H3,(H,13,15). The van der Waals surface area contributed by atoms with Crippen molar-refractivity contribution in [2.75, 3.05) is 5.32 Å². The molecule has 1 aliphatic rings. The Labute approximate surface area is 88.5 Å². The molecule has 0 radical (unpaired) electrons. The molecule has 0 aromatic heterocycles. The van der Waals surface area contributed by atoms with E-state index < -0.39 is 0 Å². The van der Waals surface area contributed by atoms with Crippen LogP contribution >= 0.6 is 0 Å². The molecule has 1 amide bonds. The Morgan fingerprint density at radius 3 is 2.93 bits per heavy atom. The molecule has 1 heterocycles. The molecule has 0 fully saturated rings. The Hall–Kier alpha value is -1.64. The van der Waals surface area contributed by atoms with Crippen molar-refractivity contribution in [3.63, 3.8) is 0 Å². The molecule has 1 unspecified atom stereocenters. The van der Waals surface area contributed by atoms with Crippen molar-refractivity contribution in [3.05, 3.63) is 29.8 Å². The molecule has 3 heteroatoms. The number of rotatable bonds is 2. The average molecular weight is 203 g/mol. The van der Waals surface area contributed by atoms with Gasteiger partial charge in [0.05, 0.1) is 0 Å². The highest BCUT2D eigenvalue weighted by Crippen LogP contribution is 2.34. The molecule has 78 valence electrons. The van der Waals surface area contributed by atoms with Crippen LogP contribution in [0.4, 0.5) is 5.69 Å². The smallest absolute Gasteiger partial charge is 0.225 e. The van der Waals surface area contributed by atoms with Crippen molar-refractivity contribution >= 4 is 17.4 Å². The molecule has 2 rings (SSSR count). The third-order valence-corrected chi connectivity index (χ3v) is 2.64. The number of benzene rings is 1. The van der Waals surface area contributed by atoms with Gasteiger partial charge in [0, 0.05) is 24.4 Å². The Morgan fingerprint density at radius 1 is 1.47 bits per heavy atom.